The molecule has 0 bridgehead atoms. The van der Waals surface area contributed by atoms with E-state index in [-0.39, 0.29) is 0 Å². The zero-order valence-corrected chi connectivity index (χ0v) is 12.0. The van der Waals surface area contributed by atoms with Crippen LogP contribution in [-0.4, -0.2) is 6.18 Å². The lowest BCUT2D eigenvalue weighted by Gasteiger charge is -2.25. The highest BCUT2D eigenvalue weighted by Gasteiger charge is 2.47. The summed E-state index contributed by atoms with van der Waals surface area (Å²) in [6.45, 7) is 0. The van der Waals surface area contributed by atoms with Crippen molar-refractivity contribution >= 4 is 11.1 Å². The quantitative estimate of drug-likeness (QED) is 0.382. The molecule has 2 aromatic carbocycles. The zero-order chi connectivity index (χ0) is 20.6. The van der Waals surface area contributed by atoms with E-state index in [4.69, 9.17) is 0 Å². The van der Waals surface area contributed by atoms with Crippen LogP contribution in [0, 0.1) is 52.4 Å². The Balaban J connectivity index is 2.61. The zero-order valence-electron chi connectivity index (χ0n) is 12.0. The topological polar surface area (TPSA) is 0 Å². The first-order chi connectivity index (χ1) is 12.3. The van der Waals surface area contributed by atoms with E-state index in [0.717, 1.165) is 0 Å². The number of halogens is 12. The van der Waals surface area contributed by atoms with Gasteiger partial charge >= 0.3 is 6.18 Å². The maximum absolute atomic E-state index is 13.8. The van der Waals surface area contributed by atoms with Crippen molar-refractivity contribution in [2.75, 3.05) is 0 Å². The summed E-state index contributed by atoms with van der Waals surface area (Å²) < 4.78 is 161. The van der Waals surface area contributed by atoms with E-state index in [1.807, 2.05) is 0 Å². The lowest BCUT2D eigenvalue weighted by molar-refractivity contribution is -0.0690. The average Bonchev–Trinajstić information content (AvgIpc) is 2.56. The van der Waals surface area contributed by atoms with Gasteiger partial charge in [0.15, 0.2) is 46.5 Å². The van der Waals surface area contributed by atoms with Gasteiger partial charge in [0.05, 0.1) is 11.1 Å². The van der Waals surface area contributed by atoms with Crippen molar-refractivity contribution in [1.82, 2.24) is 0 Å². The maximum atomic E-state index is 13.8. The van der Waals surface area contributed by atoms with Gasteiger partial charge in [-0.3, -0.25) is 0 Å². The minimum Gasteiger partial charge on any atom is -0.203 e. The van der Waals surface area contributed by atoms with Crippen LogP contribution in [0.1, 0.15) is 5.56 Å². The second kappa shape index (κ2) is 5.67. The van der Waals surface area contributed by atoms with E-state index in [2.05, 4.69) is 0 Å². The third-order valence-electron chi connectivity index (χ3n) is 3.76. The monoisotopic (exact) mass is 408 g/mol. The molecule has 12 heteroatoms. The number of rotatable bonds is 1. The molecule has 0 unspecified atom stereocenters. The predicted octanol–water partition coefficient (Wildman–Crippen LogP) is 3.86. The fourth-order valence-corrected chi connectivity index (χ4v) is 2.65. The third-order valence-corrected chi connectivity index (χ3v) is 3.76. The summed E-state index contributed by atoms with van der Waals surface area (Å²) in [4.78, 5) is 0. The molecule has 3 rings (SSSR count). The van der Waals surface area contributed by atoms with Gasteiger partial charge in [0.1, 0.15) is 0 Å². The average molecular weight is 408 g/mol. The molecule has 0 saturated carbocycles. The van der Waals surface area contributed by atoms with Crippen LogP contribution >= 0.6 is 0 Å². The molecule has 0 N–H and O–H groups in total. The molecule has 0 atom stereocenters. The molecular weight excluding hydrogens is 408 g/mol. The number of benzene rings is 2. The summed E-state index contributed by atoms with van der Waals surface area (Å²) in [6.07, 6.45) is -5.74. The molecule has 0 aliphatic heterocycles. The predicted molar refractivity (Wildman–Crippen MR) is 63.7 cm³/mol. The minimum absolute atomic E-state index is 1.80. The van der Waals surface area contributed by atoms with E-state index >= 15 is 0 Å². The SMILES string of the molecule is Fc1c(F)c(F)c(C2=c3c(F)c(F)c(F)c(F)c3=C2C(F)(F)F)c(F)c1F. The van der Waals surface area contributed by atoms with Gasteiger partial charge < -0.3 is 0 Å². The standard InChI is InChI=1S/C15F12/c16-6-2-1(4-8(18)12(22)14(24)13(23)9(4)19)5(15(25,26)27)3(2)7(17)11(21)10(6)20. The van der Waals surface area contributed by atoms with Crippen molar-refractivity contribution in [2.45, 2.75) is 6.18 Å². The van der Waals surface area contributed by atoms with E-state index in [0.29, 0.717) is 0 Å². The molecule has 0 nitrogen and oxygen atoms in total. The van der Waals surface area contributed by atoms with Crippen LogP contribution in [0.2, 0.25) is 0 Å². The van der Waals surface area contributed by atoms with E-state index in [1.165, 1.54) is 0 Å². The molecule has 144 valence electrons. The highest BCUT2D eigenvalue weighted by Crippen LogP contribution is 2.41. The van der Waals surface area contributed by atoms with Crippen molar-refractivity contribution in [1.29, 1.82) is 0 Å². The number of fused-ring (bicyclic) bond motifs is 1. The molecule has 27 heavy (non-hydrogen) atoms. The Hall–Kier alpha value is -2.66. The van der Waals surface area contributed by atoms with Crippen LogP contribution < -0.4 is 10.4 Å². The Bertz CT molecular complexity index is 1110. The molecule has 0 aromatic heterocycles. The van der Waals surface area contributed by atoms with Gasteiger partial charge in [0.25, 0.3) is 0 Å². The number of alkyl halides is 3. The molecule has 1 aliphatic rings. The summed E-state index contributed by atoms with van der Waals surface area (Å²) in [5.74, 6) is -24.0. The molecule has 0 amide bonds. The Kier molecular flexibility index (Phi) is 4.01. The van der Waals surface area contributed by atoms with Crippen LogP contribution in [0.15, 0.2) is 0 Å². The first-order valence-electron chi connectivity index (χ1n) is 6.52. The van der Waals surface area contributed by atoms with Crippen molar-refractivity contribution in [2.24, 2.45) is 0 Å². The number of hydrogen-bond acceptors (Lipinski definition) is 0. The van der Waals surface area contributed by atoms with Gasteiger partial charge in [-0.15, -0.1) is 0 Å². The Labute approximate surface area is 139 Å². The van der Waals surface area contributed by atoms with Gasteiger partial charge in [0.2, 0.25) is 5.82 Å². The Morgan fingerprint density at radius 3 is 1.15 bits per heavy atom. The van der Waals surface area contributed by atoms with Crippen LogP contribution in [0.4, 0.5) is 52.7 Å². The molecule has 0 fully saturated rings. The molecule has 0 radical (unpaired) electrons. The molecule has 2 aromatic rings. The fourth-order valence-electron chi connectivity index (χ4n) is 2.65. The molecule has 0 saturated heterocycles. The summed E-state index contributed by atoms with van der Waals surface area (Å²) >= 11 is 0. The van der Waals surface area contributed by atoms with Crippen molar-refractivity contribution < 1.29 is 52.7 Å². The lowest BCUT2D eigenvalue weighted by atomic mass is 9.83. The molecule has 1 aliphatic carbocycles. The maximum Gasteiger partial charge on any atom is 0.417 e. The summed E-state index contributed by atoms with van der Waals surface area (Å²) in [5, 5.41) is -3.74. The summed E-state index contributed by atoms with van der Waals surface area (Å²) in [5.41, 5.74) is -6.69. The van der Waals surface area contributed by atoms with Gasteiger partial charge in [0, 0.05) is 16.0 Å². The first kappa shape index (κ1) is 19.1. The van der Waals surface area contributed by atoms with E-state index < -0.39 is 85.7 Å². The van der Waals surface area contributed by atoms with Crippen molar-refractivity contribution in [3.05, 3.63) is 68.4 Å². The second-order valence-electron chi connectivity index (χ2n) is 5.20. The highest BCUT2D eigenvalue weighted by atomic mass is 19.4. The second-order valence-corrected chi connectivity index (χ2v) is 5.20. The van der Waals surface area contributed by atoms with Crippen LogP contribution in [0.5, 0.6) is 0 Å². The van der Waals surface area contributed by atoms with Crippen LogP contribution in [0.25, 0.3) is 11.1 Å². The molecular formula is C15F12. The normalized spacial score (nSPS) is 13.8. The third kappa shape index (κ3) is 2.34. The fraction of sp³-hybridized carbons (Fsp3) is 0.0667. The number of hydrogen-bond donors (Lipinski definition) is 0. The Morgan fingerprint density at radius 2 is 0.741 bits per heavy atom. The summed E-state index contributed by atoms with van der Waals surface area (Å²) in [6, 6.07) is 0. The highest BCUT2D eigenvalue weighted by molar-refractivity contribution is 6.04. The van der Waals surface area contributed by atoms with Gasteiger partial charge in [-0.05, 0) is 0 Å². The minimum atomic E-state index is -5.74. The van der Waals surface area contributed by atoms with Crippen molar-refractivity contribution in [3.8, 4) is 0 Å². The van der Waals surface area contributed by atoms with Gasteiger partial charge in [-0.1, -0.05) is 0 Å². The largest absolute Gasteiger partial charge is 0.417 e. The van der Waals surface area contributed by atoms with E-state index in [1.54, 1.807) is 0 Å². The lowest BCUT2D eigenvalue weighted by Crippen LogP contribution is -2.50. The first-order valence-corrected chi connectivity index (χ1v) is 6.52. The smallest absolute Gasteiger partial charge is 0.203 e. The summed E-state index contributed by atoms with van der Waals surface area (Å²) in [7, 11) is 0. The van der Waals surface area contributed by atoms with Crippen LogP contribution in [-0.2, 0) is 0 Å². The molecule has 0 heterocycles. The van der Waals surface area contributed by atoms with Gasteiger partial charge in [-0.25, -0.2) is 39.5 Å². The van der Waals surface area contributed by atoms with Crippen LogP contribution in [0.3, 0.4) is 0 Å². The van der Waals surface area contributed by atoms with E-state index in [9.17, 15) is 52.7 Å². The Morgan fingerprint density at radius 1 is 0.407 bits per heavy atom. The molecule has 0 spiro atoms. The van der Waals surface area contributed by atoms with Crippen molar-refractivity contribution in [3.63, 3.8) is 0 Å². The van der Waals surface area contributed by atoms with Gasteiger partial charge in [-0.2, -0.15) is 13.2 Å².